The minimum Gasteiger partial charge on any atom is -0.439 e. The van der Waals surface area contributed by atoms with E-state index in [1.165, 1.54) is 5.01 Å². The van der Waals surface area contributed by atoms with Crippen molar-refractivity contribution < 1.29 is 9.53 Å². The number of hydrazone groups is 1. The van der Waals surface area contributed by atoms with Crippen molar-refractivity contribution in [2.45, 2.75) is 13.8 Å². The maximum atomic E-state index is 12.2. The van der Waals surface area contributed by atoms with E-state index in [4.69, 9.17) is 4.74 Å². The number of benzene rings is 1. The van der Waals surface area contributed by atoms with Crippen LogP contribution < -0.4 is 9.64 Å². The number of carbonyl (C=O) groups is 1. The Morgan fingerprint density at radius 1 is 1.18 bits per heavy atom. The normalized spacial score (nSPS) is 21.0. The van der Waals surface area contributed by atoms with Gasteiger partial charge < -0.3 is 9.64 Å². The van der Waals surface area contributed by atoms with Gasteiger partial charge in [-0.15, -0.1) is 0 Å². The molecule has 0 spiro atoms. The van der Waals surface area contributed by atoms with Gasteiger partial charge in [-0.3, -0.25) is 4.79 Å². The molecule has 5 heteroatoms. The first kappa shape index (κ1) is 14.4. The standard InChI is InChI=1S/C17H19N3O2/c1-11(2)16-12(17(21)20(4)18-16)9-10-15-19(3)13-7-5-6-8-14(13)22-15/h5-11H,1-4H3/b12-9+,15-10+. The second-order valence-corrected chi connectivity index (χ2v) is 5.68. The lowest BCUT2D eigenvalue weighted by molar-refractivity contribution is -0.124. The number of fused-ring (bicyclic) bond motifs is 1. The quantitative estimate of drug-likeness (QED) is 0.789. The lowest BCUT2D eigenvalue weighted by Gasteiger charge is -2.10. The molecule has 0 radical (unpaired) electrons. The Hall–Kier alpha value is -2.56. The van der Waals surface area contributed by atoms with Crippen LogP contribution in [0.5, 0.6) is 5.75 Å². The molecule has 22 heavy (non-hydrogen) atoms. The summed E-state index contributed by atoms with van der Waals surface area (Å²) >= 11 is 0. The highest BCUT2D eigenvalue weighted by Gasteiger charge is 2.29. The molecule has 0 atom stereocenters. The first-order valence-electron chi connectivity index (χ1n) is 7.28. The van der Waals surface area contributed by atoms with Crippen LogP contribution in [0.3, 0.4) is 0 Å². The molecule has 1 amide bonds. The smallest absolute Gasteiger partial charge is 0.275 e. The van der Waals surface area contributed by atoms with E-state index >= 15 is 0 Å². The summed E-state index contributed by atoms with van der Waals surface area (Å²) in [7, 11) is 3.61. The van der Waals surface area contributed by atoms with E-state index in [0.717, 1.165) is 17.1 Å². The average molecular weight is 297 g/mol. The molecule has 1 aromatic carbocycles. The second-order valence-electron chi connectivity index (χ2n) is 5.68. The van der Waals surface area contributed by atoms with Crippen LogP contribution in [-0.2, 0) is 4.79 Å². The van der Waals surface area contributed by atoms with Crippen molar-refractivity contribution in [3.05, 3.63) is 47.9 Å². The summed E-state index contributed by atoms with van der Waals surface area (Å²) in [5.74, 6) is 1.62. The number of para-hydroxylation sites is 2. The van der Waals surface area contributed by atoms with Gasteiger partial charge in [0.15, 0.2) is 11.6 Å². The SMILES string of the molecule is CC(C)C1=NN(C)C(=O)/C1=C/C=C1/Oc2ccccc2N1C. The van der Waals surface area contributed by atoms with Crippen molar-refractivity contribution in [1.82, 2.24) is 5.01 Å². The van der Waals surface area contributed by atoms with Gasteiger partial charge in [0.25, 0.3) is 5.91 Å². The van der Waals surface area contributed by atoms with Crippen LogP contribution in [0, 0.1) is 5.92 Å². The molecule has 2 aliphatic heterocycles. The number of ether oxygens (including phenoxy) is 1. The summed E-state index contributed by atoms with van der Waals surface area (Å²) in [4.78, 5) is 14.1. The lowest BCUT2D eigenvalue weighted by Crippen LogP contribution is -2.18. The molecule has 1 aromatic rings. The number of anilines is 1. The summed E-state index contributed by atoms with van der Waals surface area (Å²) in [6.07, 6.45) is 3.62. The number of likely N-dealkylation sites (N-methyl/N-ethyl adjacent to an activating group) is 1. The molecule has 0 saturated heterocycles. The maximum absolute atomic E-state index is 12.2. The Morgan fingerprint density at radius 2 is 1.91 bits per heavy atom. The molecule has 3 rings (SSSR count). The van der Waals surface area contributed by atoms with Gasteiger partial charge in [-0.05, 0) is 30.2 Å². The second kappa shape index (κ2) is 5.33. The molecule has 0 aliphatic carbocycles. The van der Waals surface area contributed by atoms with Crippen molar-refractivity contribution in [3.8, 4) is 5.75 Å². The van der Waals surface area contributed by atoms with E-state index in [2.05, 4.69) is 5.10 Å². The third-order valence-corrected chi connectivity index (χ3v) is 3.77. The molecular formula is C17H19N3O2. The average Bonchev–Trinajstić information content (AvgIpc) is 2.96. The Labute approximate surface area is 130 Å². The Balaban J connectivity index is 1.91. The van der Waals surface area contributed by atoms with Crippen molar-refractivity contribution in [3.63, 3.8) is 0 Å². The van der Waals surface area contributed by atoms with Crippen molar-refractivity contribution in [2.24, 2.45) is 11.0 Å². The monoisotopic (exact) mass is 297 g/mol. The minimum atomic E-state index is -0.0845. The summed E-state index contributed by atoms with van der Waals surface area (Å²) < 4.78 is 5.81. The van der Waals surface area contributed by atoms with Gasteiger partial charge in [-0.2, -0.15) is 5.10 Å². The fourth-order valence-electron chi connectivity index (χ4n) is 2.55. The van der Waals surface area contributed by atoms with Crippen LogP contribution in [0.2, 0.25) is 0 Å². The van der Waals surface area contributed by atoms with Gasteiger partial charge in [0.2, 0.25) is 0 Å². The highest BCUT2D eigenvalue weighted by atomic mass is 16.5. The van der Waals surface area contributed by atoms with E-state index in [-0.39, 0.29) is 11.8 Å². The zero-order chi connectivity index (χ0) is 15.9. The topological polar surface area (TPSA) is 45.1 Å². The third-order valence-electron chi connectivity index (χ3n) is 3.77. The van der Waals surface area contributed by atoms with Gasteiger partial charge in [0, 0.05) is 14.1 Å². The molecule has 0 N–H and O–H groups in total. The van der Waals surface area contributed by atoms with E-state index in [1.807, 2.05) is 56.1 Å². The summed E-state index contributed by atoms with van der Waals surface area (Å²) in [5.41, 5.74) is 2.44. The molecule has 0 saturated carbocycles. The number of carbonyl (C=O) groups excluding carboxylic acids is 1. The number of amides is 1. The molecule has 0 aromatic heterocycles. The van der Waals surface area contributed by atoms with Crippen LogP contribution in [0.1, 0.15) is 13.8 Å². The molecule has 2 heterocycles. The predicted molar refractivity (Wildman–Crippen MR) is 86.7 cm³/mol. The zero-order valence-corrected chi connectivity index (χ0v) is 13.2. The van der Waals surface area contributed by atoms with Gasteiger partial charge in [0.05, 0.1) is 17.0 Å². The Bertz CT molecular complexity index is 716. The Kier molecular flexibility index (Phi) is 3.48. The molecule has 2 aliphatic rings. The van der Waals surface area contributed by atoms with Crippen molar-refractivity contribution in [1.29, 1.82) is 0 Å². The first-order valence-corrected chi connectivity index (χ1v) is 7.28. The summed E-state index contributed by atoms with van der Waals surface area (Å²) in [5, 5.41) is 5.69. The van der Waals surface area contributed by atoms with Gasteiger partial charge in [-0.25, -0.2) is 5.01 Å². The molecule has 0 unspecified atom stereocenters. The van der Waals surface area contributed by atoms with Crippen LogP contribution in [-0.4, -0.2) is 30.7 Å². The van der Waals surface area contributed by atoms with Crippen LogP contribution in [0.15, 0.2) is 53.0 Å². The third kappa shape index (κ3) is 2.28. The van der Waals surface area contributed by atoms with Crippen molar-refractivity contribution in [2.75, 3.05) is 19.0 Å². The summed E-state index contributed by atoms with van der Waals surface area (Å²) in [6.45, 7) is 4.06. The molecular weight excluding hydrogens is 278 g/mol. The van der Waals surface area contributed by atoms with E-state index in [0.29, 0.717) is 11.5 Å². The fourth-order valence-corrected chi connectivity index (χ4v) is 2.55. The lowest BCUT2D eigenvalue weighted by atomic mass is 10.00. The number of hydrogen-bond donors (Lipinski definition) is 0. The zero-order valence-electron chi connectivity index (χ0n) is 13.2. The van der Waals surface area contributed by atoms with Crippen molar-refractivity contribution >= 4 is 17.3 Å². The molecule has 114 valence electrons. The highest BCUT2D eigenvalue weighted by molar-refractivity contribution is 6.25. The van der Waals surface area contributed by atoms with Gasteiger partial charge in [0.1, 0.15) is 0 Å². The maximum Gasteiger partial charge on any atom is 0.275 e. The van der Waals surface area contributed by atoms with E-state index < -0.39 is 0 Å². The molecule has 0 bridgehead atoms. The van der Waals surface area contributed by atoms with E-state index in [9.17, 15) is 4.79 Å². The molecule has 5 nitrogen and oxygen atoms in total. The van der Waals surface area contributed by atoms with Crippen LogP contribution in [0.25, 0.3) is 0 Å². The number of nitrogens with zero attached hydrogens (tertiary/aromatic N) is 3. The Morgan fingerprint density at radius 3 is 2.59 bits per heavy atom. The summed E-state index contributed by atoms with van der Waals surface area (Å²) in [6, 6.07) is 7.83. The minimum absolute atomic E-state index is 0.0845. The van der Waals surface area contributed by atoms with Gasteiger partial charge >= 0.3 is 0 Å². The number of hydrogen-bond acceptors (Lipinski definition) is 4. The highest BCUT2D eigenvalue weighted by Crippen LogP contribution is 2.37. The van der Waals surface area contributed by atoms with Crippen LogP contribution >= 0.6 is 0 Å². The number of allylic oxidation sites excluding steroid dienone is 2. The van der Waals surface area contributed by atoms with E-state index in [1.54, 1.807) is 13.1 Å². The molecule has 0 fully saturated rings. The van der Waals surface area contributed by atoms with Gasteiger partial charge in [-0.1, -0.05) is 26.0 Å². The van der Waals surface area contributed by atoms with Crippen LogP contribution in [0.4, 0.5) is 5.69 Å². The fraction of sp³-hybridized carbons (Fsp3) is 0.294. The first-order chi connectivity index (χ1) is 10.5. The largest absolute Gasteiger partial charge is 0.439 e. The number of rotatable bonds is 2. The predicted octanol–water partition coefficient (Wildman–Crippen LogP) is 2.77.